The second-order valence-corrected chi connectivity index (χ2v) is 7.02. The summed E-state index contributed by atoms with van der Waals surface area (Å²) >= 11 is 0. The molecule has 1 heterocycles. The zero-order chi connectivity index (χ0) is 21.7. The third-order valence-corrected chi connectivity index (χ3v) is 5.08. The molecular formula is C24H24FN3O2. The summed E-state index contributed by atoms with van der Waals surface area (Å²) in [7, 11) is 1.62. The Hall–Kier alpha value is -3.54. The normalized spacial score (nSPS) is 10.6. The van der Waals surface area contributed by atoms with Crippen LogP contribution in [0, 0.1) is 5.82 Å². The van der Waals surface area contributed by atoms with Crippen molar-refractivity contribution in [3.63, 3.8) is 0 Å². The molecule has 1 amide bonds. The molecule has 154 valence electrons. The van der Waals surface area contributed by atoms with E-state index in [0.717, 1.165) is 5.56 Å². The quantitative estimate of drug-likeness (QED) is 0.580. The van der Waals surface area contributed by atoms with Crippen LogP contribution in [0.4, 0.5) is 15.9 Å². The van der Waals surface area contributed by atoms with Crippen LogP contribution in [0.1, 0.15) is 35.7 Å². The lowest BCUT2D eigenvalue weighted by atomic mass is 9.99. The number of nitrogens with two attached hydrogens (primary N) is 1. The van der Waals surface area contributed by atoms with E-state index in [1.54, 1.807) is 62.6 Å². The molecule has 3 aromatic rings. The van der Waals surface area contributed by atoms with E-state index in [0.29, 0.717) is 47.5 Å². The van der Waals surface area contributed by atoms with E-state index in [1.165, 1.54) is 11.0 Å². The first-order valence-corrected chi connectivity index (χ1v) is 9.79. The molecule has 2 N–H and O–H groups in total. The Kier molecular flexibility index (Phi) is 6.57. The Morgan fingerprint density at radius 2 is 1.83 bits per heavy atom. The molecule has 2 aromatic carbocycles. The number of Topliss-reactive ketones (excluding diaryl/α,β-unsaturated/α-hetero) is 1. The van der Waals surface area contributed by atoms with Crippen molar-refractivity contribution < 1.29 is 14.0 Å². The molecule has 0 saturated carbocycles. The number of aromatic nitrogens is 1. The number of benzene rings is 2. The molecule has 1 aromatic heterocycles. The Bertz CT molecular complexity index is 1060. The average molecular weight is 405 g/mol. The highest BCUT2D eigenvalue weighted by Gasteiger charge is 2.13. The zero-order valence-electron chi connectivity index (χ0n) is 17.1. The van der Waals surface area contributed by atoms with E-state index in [2.05, 4.69) is 4.98 Å². The van der Waals surface area contributed by atoms with Gasteiger partial charge in [-0.25, -0.2) is 9.37 Å². The molecule has 30 heavy (non-hydrogen) atoms. The maximum absolute atomic E-state index is 14.6. The van der Waals surface area contributed by atoms with E-state index in [1.807, 2.05) is 6.07 Å². The van der Waals surface area contributed by atoms with Gasteiger partial charge in [0.15, 0.2) is 5.78 Å². The van der Waals surface area contributed by atoms with E-state index in [-0.39, 0.29) is 11.7 Å². The molecule has 6 heteroatoms. The van der Waals surface area contributed by atoms with Crippen molar-refractivity contribution in [2.75, 3.05) is 17.7 Å². The number of amides is 1. The number of nitrogen functional groups attached to an aromatic ring is 1. The van der Waals surface area contributed by atoms with Crippen molar-refractivity contribution in [3.05, 3.63) is 77.7 Å². The molecule has 0 unspecified atom stereocenters. The van der Waals surface area contributed by atoms with Crippen LogP contribution in [0.25, 0.3) is 11.1 Å². The van der Waals surface area contributed by atoms with Crippen LogP contribution in [0.3, 0.4) is 0 Å². The highest BCUT2D eigenvalue weighted by Crippen LogP contribution is 2.27. The predicted octanol–water partition coefficient (Wildman–Crippen LogP) is 4.66. The minimum atomic E-state index is -0.422. The Morgan fingerprint density at radius 1 is 1.10 bits per heavy atom. The molecule has 0 radical (unpaired) electrons. The van der Waals surface area contributed by atoms with Gasteiger partial charge in [0.05, 0.1) is 0 Å². The first kappa shape index (κ1) is 21.2. The number of halogens is 1. The van der Waals surface area contributed by atoms with E-state index in [9.17, 15) is 14.0 Å². The summed E-state index contributed by atoms with van der Waals surface area (Å²) in [6, 6.07) is 15.2. The Labute approximate surface area is 175 Å². The van der Waals surface area contributed by atoms with Crippen LogP contribution in [0.15, 0.2) is 60.8 Å². The van der Waals surface area contributed by atoms with Gasteiger partial charge in [0, 0.05) is 42.9 Å². The number of carbonyl (C=O) groups excluding carboxylic acids is 2. The number of carbonyl (C=O) groups is 2. The van der Waals surface area contributed by atoms with Crippen LogP contribution in [0.2, 0.25) is 0 Å². The van der Waals surface area contributed by atoms with Gasteiger partial charge in [0.2, 0.25) is 5.91 Å². The molecule has 3 rings (SSSR count). The lowest BCUT2D eigenvalue weighted by molar-refractivity contribution is -0.118. The van der Waals surface area contributed by atoms with Gasteiger partial charge in [-0.05, 0) is 41.8 Å². The van der Waals surface area contributed by atoms with Crippen molar-refractivity contribution in [2.45, 2.75) is 26.2 Å². The standard InChI is InChI=1S/C24H24FN3O2/c1-3-23(30)28(2)19-11-12-20(21(25)15-19)16-6-8-17(9-7-16)22(29)13-10-18-5-4-14-27-24(18)26/h4-9,11-12,14-15H,3,10,13H2,1-2H3,(H2,26,27). The van der Waals surface area contributed by atoms with Gasteiger partial charge in [-0.3, -0.25) is 9.59 Å². The fraction of sp³-hybridized carbons (Fsp3) is 0.208. The topological polar surface area (TPSA) is 76.3 Å². The maximum Gasteiger partial charge on any atom is 0.226 e. The maximum atomic E-state index is 14.6. The van der Waals surface area contributed by atoms with Gasteiger partial charge in [0.25, 0.3) is 0 Å². The van der Waals surface area contributed by atoms with Crippen LogP contribution in [0.5, 0.6) is 0 Å². The van der Waals surface area contributed by atoms with Crippen LogP contribution >= 0.6 is 0 Å². The summed E-state index contributed by atoms with van der Waals surface area (Å²) in [4.78, 5) is 29.7. The molecule has 0 aliphatic carbocycles. The summed E-state index contributed by atoms with van der Waals surface area (Å²) in [6.45, 7) is 1.76. The number of nitrogens with zero attached hydrogens (tertiary/aromatic N) is 2. The molecule has 0 bridgehead atoms. The van der Waals surface area contributed by atoms with Crippen LogP contribution in [-0.2, 0) is 11.2 Å². The second kappa shape index (κ2) is 9.31. The van der Waals surface area contributed by atoms with Crippen molar-refractivity contribution >= 4 is 23.2 Å². The monoisotopic (exact) mass is 405 g/mol. The fourth-order valence-electron chi connectivity index (χ4n) is 3.22. The van der Waals surface area contributed by atoms with Gasteiger partial charge in [0.1, 0.15) is 11.6 Å². The summed E-state index contributed by atoms with van der Waals surface area (Å²) in [6.07, 6.45) is 2.80. The van der Waals surface area contributed by atoms with Crippen LogP contribution in [-0.4, -0.2) is 23.7 Å². The Morgan fingerprint density at radius 3 is 2.47 bits per heavy atom. The average Bonchev–Trinajstić information content (AvgIpc) is 2.77. The van der Waals surface area contributed by atoms with Gasteiger partial charge < -0.3 is 10.6 Å². The first-order valence-electron chi connectivity index (χ1n) is 9.79. The summed E-state index contributed by atoms with van der Waals surface area (Å²) in [5.74, 6) is -0.0846. The number of hydrogen-bond acceptors (Lipinski definition) is 4. The van der Waals surface area contributed by atoms with Gasteiger partial charge in [-0.2, -0.15) is 0 Å². The number of rotatable bonds is 7. The minimum Gasteiger partial charge on any atom is -0.383 e. The van der Waals surface area contributed by atoms with Gasteiger partial charge in [-0.1, -0.05) is 37.3 Å². The van der Waals surface area contributed by atoms with E-state index >= 15 is 0 Å². The van der Waals surface area contributed by atoms with E-state index in [4.69, 9.17) is 5.73 Å². The highest BCUT2D eigenvalue weighted by molar-refractivity contribution is 5.96. The smallest absolute Gasteiger partial charge is 0.226 e. The molecule has 0 atom stereocenters. The van der Waals surface area contributed by atoms with Crippen molar-refractivity contribution in [3.8, 4) is 11.1 Å². The summed E-state index contributed by atoms with van der Waals surface area (Å²) in [5.41, 5.74) is 8.81. The van der Waals surface area contributed by atoms with E-state index < -0.39 is 5.82 Å². The number of anilines is 2. The fourth-order valence-corrected chi connectivity index (χ4v) is 3.22. The van der Waals surface area contributed by atoms with Crippen LogP contribution < -0.4 is 10.6 Å². The third-order valence-electron chi connectivity index (χ3n) is 5.08. The zero-order valence-corrected chi connectivity index (χ0v) is 17.1. The molecular weight excluding hydrogens is 381 g/mol. The minimum absolute atomic E-state index is 0.0136. The number of aryl methyl sites for hydroxylation is 1. The number of ketones is 1. The molecule has 0 aliphatic rings. The predicted molar refractivity (Wildman–Crippen MR) is 117 cm³/mol. The summed E-state index contributed by atoms with van der Waals surface area (Å²) in [5, 5.41) is 0. The Balaban J connectivity index is 1.71. The lowest BCUT2D eigenvalue weighted by Gasteiger charge is -2.17. The number of pyridine rings is 1. The van der Waals surface area contributed by atoms with Gasteiger partial charge in [-0.15, -0.1) is 0 Å². The molecule has 0 aliphatic heterocycles. The molecule has 0 spiro atoms. The van der Waals surface area contributed by atoms with Gasteiger partial charge >= 0.3 is 0 Å². The highest BCUT2D eigenvalue weighted by atomic mass is 19.1. The molecule has 5 nitrogen and oxygen atoms in total. The number of hydrogen-bond donors (Lipinski definition) is 1. The first-order chi connectivity index (χ1) is 14.4. The van der Waals surface area contributed by atoms with Crippen molar-refractivity contribution in [1.29, 1.82) is 0 Å². The second-order valence-electron chi connectivity index (χ2n) is 7.02. The van der Waals surface area contributed by atoms with Crippen molar-refractivity contribution in [1.82, 2.24) is 4.98 Å². The SMILES string of the molecule is CCC(=O)N(C)c1ccc(-c2ccc(C(=O)CCc3cccnc3N)cc2)c(F)c1. The summed E-state index contributed by atoms with van der Waals surface area (Å²) < 4.78 is 14.6. The lowest BCUT2D eigenvalue weighted by Crippen LogP contribution is -2.25. The largest absolute Gasteiger partial charge is 0.383 e. The molecule has 0 fully saturated rings. The molecule has 0 saturated heterocycles. The van der Waals surface area contributed by atoms with Crippen molar-refractivity contribution in [2.24, 2.45) is 0 Å². The third kappa shape index (κ3) is 4.71.